The number of carbonyl (C=O) groups is 1. The Morgan fingerprint density at radius 3 is 2.65 bits per heavy atom. The van der Waals surface area contributed by atoms with E-state index in [-0.39, 0.29) is 5.91 Å². The molecule has 0 bridgehead atoms. The maximum atomic E-state index is 12.8. The summed E-state index contributed by atoms with van der Waals surface area (Å²) >= 11 is 0. The van der Waals surface area contributed by atoms with Crippen LogP contribution in [0.5, 0.6) is 0 Å². The van der Waals surface area contributed by atoms with Crippen LogP contribution >= 0.6 is 0 Å². The average molecular weight is 274 g/mol. The molecule has 0 saturated carbocycles. The third kappa shape index (κ3) is 2.58. The molecule has 20 heavy (non-hydrogen) atoms. The van der Waals surface area contributed by atoms with Crippen LogP contribution in [0, 0.1) is 0 Å². The second-order valence-electron chi connectivity index (χ2n) is 5.87. The van der Waals surface area contributed by atoms with Gasteiger partial charge in [-0.2, -0.15) is 0 Å². The zero-order chi connectivity index (χ0) is 14.0. The van der Waals surface area contributed by atoms with Crippen LogP contribution in [0.4, 0.5) is 0 Å². The van der Waals surface area contributed by atoms with Crippen molar-refractivity contribution in [2.45, 2.75) is 37.8 Å². The van der Waals surface area contributed by atoms with Gasteiger partial charge >= 0.3 is 0 Å². The zero-order valence-corrected chi connectivity index (χ0v) is 11.8. The van der Waals surface area contributed by atoms with Gasteiger partial charge in [0.25, 0.3) is 0 Å². The first-order valence-electron chi connectivity index (χ1n) is 7.42. The molecular formula is C16H22N2O2. The summed E-state index contributed by atoms with van der Waals surface area (Å²) in [7, 11) is 0. The number of hydrogen-bond acceptors (Lipinski definition) is 3. The second kappa shape index (κ2) is 5.54. The smallest absolute Gasteiger partial charge is 0.243 e. The molecule has 2 aliphatic heterocycles. The predicted molar refractivity (Wildman–Crippen MR) is 77.2 cm³/mol. The Morgan fingerprint density at radius 1 is 1.20 bits per heavy atom. The maximum Gasteiger partial charge on any atom is 0.243 e. The summed E-state index contributed by atoms with van der Waals surface area (Å²) in [5.41, 5.74) is 8.23. The number of amides is 1. The van der Waals surface area contributed by atoms with E-state index in [1.54, 1.807) is 0 Å². The molecule has 2 heterocycles. The minimum Gasteiger partial charge on any atom is -0.381 e. The van der Waals surface area contributed by atoms with Gasteiger partial charge in [0.15, 0.2) is 0 Å². The molecule has 1 fully saturated rings. The third-order valence-corrected chi connectivity index (χ3v) is 4.45. The van der Waals surface area contributed by atoms with Gasteiger partial charge in [-0.25, -0.2) is 0 Å². The fourth-order valence-electron chi connectivity index (χ4n) is 3.14. The van der Waals surface area contributed by atoms with Crippen LogP contribution < -0.4 is 5.73 Å². The van der Waals surface area contributed by atoms with Crippen molar-refractivity contribution >= 4 is 5.91 Å². The molecule has 3 rings (SSSR count). The summed E-state index contributed by atoms with van der Waals surface area (Å²) in [5, 5.41) is 0. The highest BCUT2D eigenvalue weighted by Crippen LogP contribution is 2.24. The van der Waals surface area contributed by atoms with Gasteiger partial charge in [0.05, 0.1) is 5.54 Å². The fraction of sp³-hybridized carbons (Fsp3) is 0.562. The SMILES string of the molecule is NC1(C(=O)N2CCCc3ccccc3C2)CCOCC1. The Kier molecular flexibility index (Phi) is 3.76. The van der Waals surface area contributed by atoms with Gasteiger partial charge in [-0.05, 0) is 36.8 Å². The summed E-state index contributed by atoms with van der Waals surface area (Å²) in [4.78, 5) is 14.7. The molecule has 0 aromatic heterocycles. The monoisotopic (exact) mass is 274 g/mol. The van der Waals surface area contributed by atoms with E-state index >= 15 is 0 Å². The Hall–Kier alpha value is -1.39. The number of aryl methyl sites for hydroxylation is 1. The molecule has 2 aliphatic rings. The minimum atomic E-state index is -0.725. The van der Waals surface area contributed by atoms with Crippen molar-refractivity contribution in [2.24, 2.45) is 5.73 Å². The van der Waals surface area contributed by atoms with E-state index in [2.05, 4.69) is 18.2 Å². The Labute approximate surface area is 119 Å². The van der Waals surface area contributed by atoms with Crippen molar-refractivity contribution in [2.75, 3.05) is 19.8 Å². The van der Waals surface area contributed by atoms with Gasteiger partial charge in [0.1, 0.15) is 0 Å². The van der Waals surface area contributed by atoms with Crippen molar-refractivity contribution in [3.63, 3.8) is 0 Å². The molecule has 4 heteroatoms. The Balaban J connectivity index is 1.78. The first-order chi connectivity index (χ1) is 9.69. The number of hydrogen-bond donors (Lipinski definition) is 1. The molecule has 4 nitrogen and oxygen atoms in total. The number of carbonyl (C=O) groups excluding carboxylic acids is 1. The van der Waals surface area contributed by atoms with Crippen LogP contribution in [0.25, 0.3) is 0 Å². The van der Waals surface area contributed by atoms with Crippen molar-refractivity contribution < 1.29 is 9.53 Å². The maximum absolute atomic E-state index is 12.8. The molecular weight excluding hydrogens is 252 g/mol. The van der Waals surface area contributed by atoms with Gasteiger partial charge < -0.3 is 15.4 Å². The Bertz CT molecular complexity index is 495. The second-order valence-corrected chi connectivity index (χ2v) is 5.87. The van der Waals surface area contributed by atoms with E-state index in [4.69, 9.17) is 10.5 Å². The first-order valence-corrected chi connectivity index (χ1v) is 7.42. The molecule has 0 radical (unpaired) electrons. The average Bonchev–Trinajstić information content (AvgIpc) is 2.69. The van der Waals surface area contributed by atoms with Gasteiger partial charge in [-0.1, -0.05) is 24.3 Å². The summed E-state index contributed by atoms with van der Waals surface area (Å²) in [6, 6.07) is 8.39. The molecule has 1 aromatic rings. The highest BCUT2D eigenvalue weighted by atomic mass is 16.5. The lowest BCUT2D eigenvalue weighted by Crippen LogP contribution is -2.57. The molecule has 0 aliphatic carbocycles. The largest absolute Gasteiger partial charge is 0.381 e. The molecule has 1 saturated heterocycles. The minimum absolute atomic E-state index is 0.0949. The lowest BCUT2D eigenvalue weighted by Gasteiger charge is -2.36. The lowest BCUT2D eigenvalue weighted by molar-refractivity contribution is -0.141. The summed E-state index contributed by atoms with van der Waals surface area (Å²) in [6.07, 6.45) is 3.31. The molecule has 0 atom stereocenters. The summed E-state index contributed by atoms with van der Waals surface area (Å²) in [5.74, 6) is 0.0949. The lowest BCUT2D eigenvalue weighted by atomic mass is 9.89. The van der Waals surface area contributed by atoms with E-state index in [9.17, 15) is 4.79 Å². The third-order valence-electron chi connectivity index (χ3n) is 4.45. The van der Waals surface area contributed by atoms with Crippen LogP contribution in [0.15, 0.2) is 24.3 Å². The van der Waals surface area contributed by atoms with Crippen LogP contribution in [-0.2, 0) is 22.5 Å². The van der Waals surface area contributed by atoms with E-state index in [0.717, 1.165) is 19.4 Å². The molecule has 1 amide bonds. The van der Waals surface area contributed by atoms with Crippen LogP contribution in [0.2, 0.25) is 0 Å². The van der Waals surface area contributed by atoms with Gasteiger partial charge in [0.2, 0.25) is 5.91 Å². The molecule has 2 N–H and O–H groups in total. The molecule has 0 unspecified atom stereocenters. The van der Waals surface area contributed by atoms with Crippen molar-refractivity contribution in [1.82, 2.24) is 4.90 Å². The summed E-state index contributed by atoms with van der Waals surface area (Å²) < 4.78 is 5.33. The van der Waals surface area contributed by atoms with E-state index in [1.165, 1.54) is 11.1 Å². The fourth-order valence-corrected chi connectivity index (χ4v) is 3.14. The number of fused-ring (bicyclic) bond motifs is 1. The number of ether oxygens (including phenoxy) is 1. The highest BCUT2D eigenvalue weighted by molar-refractivity contribution is 5.86. The van der Waals surface area contributed by atoms with Gasteiger partial charge in [0, 0.05) is 26.3 Å². The number of benzene rings is 1. The Morgan fingerprint density at radius 2 is 1.90 bits per heavy atom. The van der Waals surface area contributed by atoms with Gasteiger partial charge in [-0.3, -0.25) is 4.79 Å². The standard InChI is InChI=1S/C16H22N2O2/c17-16(7-10-20-11-8-16)15(19)18-9-3-6-13-4-1-2-5-14(13)12-18/h1-2,4-5H,3,6-12,17H2. The quantitative estimate of drug-likeness (QED) is 0.843. The van der Waals surface area contributed by atoms with E-state index in [0.29, 0.717) is 32.6 Å². The van der Waals surface area contributed by atoms with Crippen molar-refractivity contribution in [1.29, 1.82) is 0 Å². The predicted octanol–water partition coefficient (Wildman–Crippen LogP) is 1.47. The first kappa shape index (κ1) is 13.6. The van der Waals surface area contributed by atoms with Crippen molar-refractivity contribution in [3.05, 3.63) is 35.4 Å². The molecule has 1 aromatic carbocycles. The molecule has 108 valence electrons. The van der Waals surface area contributed by atoms with Gasteiger partial charge in [-0.15, -0.1) is 0 Å². The van der Waals surface area contributed by atoms with E-state index in [1.807, 2.05) is 11.0 Å². The topological polar surface area (TPSA) is 55.6 Å². The van der Waals surface area contributed by atoms with Crippen LogP contribution in [0.1, 0.15) is 30.4 Å². The highest BCUT2D eigenvalue weighted by Gasteiger charge is 2.39. The number of nitrogens with two attached hydrogens (primary N) is 1. The van der Waals surface area contributed by atoms with Crippen LogP contribution in [0.3, 0.4) is 0 Å². The van der Waals surface area contributed by atoms with E-state index < -0.39 is 5.54 Å². The normalized spacial score (nSPS) is 21.9. The molecule has 0 spiro atoms. The number of nitrogens with zero attached hydrogens (tertiary/aromatic N) is 1. The zero-order valence-electron chi connectivity index (χ0n) is 11.8. The van der Waals surface area contributed by atoms with Crippen LogP contribution in [-0.4, -0.2) is 36.1 Å². The summed E-state index contributed by atoms with van der Waals surface area (Å²) in [6.45, 7) is 2.67. The van der Waals surface area contributed by atoms with Crippen molar-refractivity contribution in [3.8, 4) is 0 Å². The number of rotatable bonds is 1.